The van der Waals surface area contributed by atoms with Crippen LogP contribution in [0.3, 0.4) is 0 Å². The minimum Gasteiger partial charge on any atom is -0.481 e. The van der Waals surface area contributed by atoms with Crippen LogP contribution in [0, 0.1) is 29.2 Å². The maximum atomic E-state index is 14.1. The summed E-state index contributed by atoms with van der Waals surface area (Å²) < 4.78 is 66.4. The number of carbonyl (C=O) groups is 3. The van der Waals surface area contributed by atoms with E-state index >= 15 is 0 Å². The summed E-state index contributed by atoms with van der Waals surface area (Å²) in [4.78, 5) is 38.3. The molecule has 1 heterocycles. The third-order valence-electron chi connectivity index (χ3n) is 8.29. The van der Waals surface area contributed by atoms with Crippen LogP contribution in [-0.2, 0) is 24.8 Å². The quantitative estimate of drug-likeness (QED) is 0.0958. The van der Waals surface area contributed by atoms with E-state index in [-0.39, 0.29) is 12.0 Å². The zero-order valence-electron chi connectivity index (χ0n) is 25.7. The molecule has 0 aromatic heterocycles. The lowest BCUT2D eigenvalue weighted by molar-refractivity contribution is -0.143. The first-order valence-corrected chi connectivity index (χ1v) is 15.2. The highest BCUT2D eigenvalue weighted by molar-refractivity contribution is 5.98. The molecule has 0 saturated carbocycles. The van der Waals surface area contributed by atoms with Crippen molar-refractivity contribution in [3.05, 3.63) is 89.5 Å². The van der Waals surface area contributed by atoms with Gasteiger partial charge in [-0.1, -0.05) is 50.2 Å². The Bertz CT molecular complexity index is 1800. The van der Waals surface area contributed by atoms with E-state index in [9.17, 15) is 37.1 Å². The lowest BCUT2D eigenvalue weighted by Crippen LogP contribution is -2.60. The molecule has 1 aliphatic rings. The molecule has 47 heavy (non-hydrogen) atoms. The van der Waals surface area contributed by atoms with Gasteiger partial charge < -0.3 is 19.9 Å². The van der Waals surface area contributed by atoms with Crippen LogP contribution in [0.25, 0.3) is 21.5 Å². The van der Waals surface area contributed by atoms with Crippen LogP contribution in [0.4, 0.5) is 17.6 Å². The van der Waals surface area contributed by atoms with Gasteiger partial charge in [-0.2, -0.15) is 8.78 Å². The predicted molar refractivity (Wildman–Crippen MR) is 166 cm³/mol. The van der Waals surface area contributed by atoms with Gasteiger partial charge in [-0.25, -0.2) is 8.78 Å². The summed E-state index contributed by atoms with van der Waals surface area (Å²) in [6.07, 6.45) is 1.24. The third kappa shape index (κ3) is 7.39. The molecule has 1 unspecified atom stereocenters. The van der Waals surface area contributed by atoms with Crippen LogP contribution >= 0.6 is 0 Å². The first kappa shape index (κ1) is 33.8. The molecular weight excluding hydrogens is 620 g/mol. The Morgan fingerprint density at radius 3 is 2.13 bits per heavy atom. The Balaban J connectivity index is 1.39. The van der Waals surface area contributed by atoms with Crippen molar-refractivity contribution in [1.82, 2.24) is 10.6 Å². The lowest BCUT2D eigenvalue weighted by Gasteiger charge is -2.42. The third-order valence-corrected chi connectivity index (χ3v) is 8.29. The van der Waals surface area contributed by atoms with E-state index in [1.807, 2.05) is 42.5 Å². The summed E-state index contributed by atoms with van der Waals surface area (Å²) in [6.45, 7) is 2.77. The molecule has 1 saturated heterocycles. The zero-order valence-corrected chi connectivity index (χ0v) is 25.7. The number of benzene rings is 4. The van der Waals surface area contributed by atoms with E-state index < -0.39 is 77.5 Å². The van der Waals surface area contributed by atoms with Gasteiger partial charge in [0.2, 0.25) is 17.5 Å². The van der Waals surface area contributed by atoms with Crippen molar-refractivity contribution in [1.29, 1.82) is 0 Å². The molecule has 1 aliphatic heterocycles. The van der Waals surface area contributed by atoms with E-state index in [4.69, 9.17) is 9.47 Å². The number of ether oxygens (including phenoxy) is 2. The SMILES string of the molecule is CC(C)[C@H](NC1(c2ccc3cc4ccccc4cc3c2)CCCCO1)C(=O)N[C@@H](CC(=O)O)C(=O)COc1c(F)c(F)cc(F)c1F. The van der Waals surface area contributed by atoms with E-state index in [1.54, 1.807) is 13.8 Å². The number of amides is 1. The minimum atomic E-state index is -1.86. The van der Waals surface area contributed by atoms with Gasteiger partial charge in [-0.3, -0.25) is 19.7 Å². The van der Waals surface area contributed by atoms with E-state index in [1.165, 1.54) is 0 Å². The number of hydrogen-bond donors (Lipinski definition) is 3. The standard InChI is InChI=1S/C35H34F4N2O6/c1-19(2)32(34(45)40-27(17-29(43)44)28(42)18-46-33-30(38)25(36)16-26(37)31(33)39)41-35(11-5-6-12-47-35)24-10-9-22-13-20-7-3-4-8-21(20)14-23(22)15-24/h3-4,7-10,13-16,19,27,32,41H,5-6,11-12,17-18H2,1-2H3,(H,40,45)(H,43,44)/t27-,32-,35?/m0/s1. The Labute approximate surface area is 268 Å². The molecule has 0 radical (unpaired) electrons. The largest absolute Gasteiger partial charge is 0.481 e. The van der Waals surface area contributed by atoms with Crippen molar-refractivity contribution in [2.24, 2.45) is 5.92 Å². The van der Waals surface area contributed by atoms with Crippen molar-refractivity contribution in [3.8, 4) is 5.75 Å². The van der Waals surface area contributed by atoms with Crippen molar-refractivity contribution >= 4 is 39.2 Å². The number of halogens is 4. The van der Waals surface area contributed by atoms with Crippen LogP contribution < -0.4 is 15.4 Å². The molecule has 0 spiro atoms. The summed E-state index contributed by atoms with van der Waals surface area (Å²) >= 11 is 0. The molecular formula is C35H34F4N2O6. The molecule has 1 fully saturated rings. The normalized spacial score (nSPS) is 17.9. The van der Waals surface area contributed by atoms with Crippen LogP contribution in [0.15, 0.2) is 60.7 Å². The maximum absolute atomic E-state index is 14.1. The number of rotatable bonds is 12. The number of carbonyl (C=O) groups excluding carboxylic acids is 2. The summed E-state index contributed by atoms with van der Waals surface area (Å²) in [5.74, 6) is -12.3. The highest BCUT2D eigenvalue weighted by Crippen LogP contribution is 2.36. The van der Waals surface area contributed by atoms with E-state index in [0.717, 1.165) is 39.9 Å². The molecule has 4 aromatic rings. The van der Waals surface area contributed by atoms with E-state index in [0.29, 0.717) is 13.0 Å². The average molecular weight is 655 g/mol. The number of ketones is 1. The van der Waals surface area contributed by atoms with Crippen molar-refractivity contribution < 1.29 is 46.5 Å². The monoisotopic (exact) mass is 654 g/mol. The average Bonchev–Trinajstić information content (AvgIpc) is 3.04. The first-order valence-electron chi connectivity index (χ1n) is 15.2. The van der Waals surface area contributed by atoms with Crippen LogP contribution in [0.2, 0.25) is 0 Å². The molecule has 248 valence electrons. The van der Waals surface area contributed by atoms with Crippen LogP contribution in [0.5, 0.6) is 5.75 Å². The zero-order chi connectivity index (χ0) is 33.9. The topological polar surface area (TPSA) is 114 Å². The molecule has 5 rings (SSSR count). The van der Waals surface area contributed by atoms with Gasteiger partial charge in [-0.05, 0) is 70.5 Å². The van der Waals surface area contributed by atoms with Gasteiger partial charge in [0.1, 0.15) is 18.4 Å². The first-order chi connectivity index (χ1) is 22.4. The number of carboxylic acids is 1. The number of Topliss-reactive ketones (excluding diaryl/α,β-unsaturated/α-hetero) is 1. The fourth-order valence-corrected chi connectivity index (χ4v) is 5.80. The fourth-order valence-electron chi connectivity index (χ4n) is 5.80. The Morgan fingerprint density at radius 1 is 0.894 bits per heavy atom. The molecule has 3 atom stereocenters. The number of carboxylic acid groups (broad SMARTS) is 1. The van der Waals surface area contributed by atoms with Crippen molar-refractivity contribution in [3.63, 3.8) is 0 Å². The maximum Gasteiger partial charge on any atom is 0.305 e. The summed E-state index contributed by atoms with van der Waals surface area (Å²) in [6, 6.07) is 15.4. The van der Waals surface area contributed by atoms with Crippen LogP contribution in [-0.4, -0.2) is 48.1 Å². The molecule has 8 nitrogen and oxygen atoms in total. The second-order valence-corrected chi connectivity index (χ2v) is 12.0. The number of hydrogen-bond acceptors (Lipinski definition) is 6. The Kier molecular flexibility index (Phi) is 10.1. The van der Waals surface area contributed by atoms with Crippen molar-refractivity contribution in [2.45, 2.75) is 57.3 Å². The van der Waals surface area contributed by atoms with Gasteiger partial charge in [0, 0.05) is 12.7 Å². The second kappa shape index (κ2) is 14.1. The Hall–Kier alpha value is -4.55. The predicted octanol–water partition coefficient (Wildman–Crippen LogP) is 6.12. The van der Waals surface area contributed by atoms with Gasteiger partial charge in [0.25, 0.3) is 0 Å². The van der Waals surface area contributed by atoms with Crippen LogP contribution in [0.1, 0.15) is 45.1 Å². The summed E-state index contributed by atoms with van der Waals surface area (Å²) in [7, 11) is 0. The molecule has 4 aromatic carbocycles. The molecule has 1 amide bonds. The molecule has 0 bridgehead atoms. The van der Waals surface area contributed by atoms with E-state index in [2.05, 4.69) is 22.8 Å². The fraction of sp³-hybridized carbons (Fsp3) is 0.343. The number of aliphatic carboxylic acids is 1. The van der Waals surface area contributed by atoms with Gasteiger partial charge in [-0.15, -0.1) is 0 Å². The number of fused-ring (bicyclic) bond motifs is 2. The highest BCUT2D eigenvalue weighted by Gasteiger charge is 2.41. The Morgan fingerprint density at radius 2 is 1.53 bits per heavy atom. The highest BCUT2D eigenvalue weighted by atomic mass is 19.2. The lowest BCUT2D eigenvalue weighted by atomic mass is 9.89. The van der Waals surface area contributed by atoms with Gasteiger partial charge in [0.15, 0.2) is 23.2 Å². The smallest absolute Gasteiger partial charge is 0.305 e. The summed E-state index contributed by atoms with van der Waals surface area (Å²) in [5.41, 5.74) is -0.299. The molecule has 3 N–H and O–H groups in total. The van der Waals surface area contributed by atoms with Crippen molar-refractivity contribution in [2.75, 3.05) is 13.2 Å². The summed E-state index contributed by atoms with van der Waals surface area (Å²) in [5, 5.41) is 19.4. The van der Waals surface area contributed by atoms with Gasteiger partial charge in [0.05, 0.1) is 12.5 Å². The molecule has 12 heteroatoms. The second-order valence-electron chi connectivity index (χ2n) is 12.0. The van der Waals surface area contributed by atoms with Gasteiger partial charge >= 0.3 is 5.97 Å². The molecule has 0 aliphatic carbocycles. The number of nitrogens with one attached hydrogen (secondary N) is 2. The minimum absolute atomic E-state index is 0.0193.